The molecule has 2 aromatic rings. The van der Waals surface area contributed by atoms with Crippen LogP contribution < -0.4 is 11.5 Å². The number of carboxylic acids is 1. The van der Waals surface area contributed by atoms with Gasteiger partial charge in [-0.05, 0) is 24.3 Å². The summed E-state index contributed by atoms with van der Waals surface area (Å²) in [7, 11) is 0. The Labute approximate surface area is 102 Å². The molecule has 0 radical (unpaired) electrons. The number of hydrogen-bond donors (Lipinski definition) is 3. The second-order valence-corrected chi connectivity index (χ2v) is 3.59. The van der Waals surface area contributed by atoms with Crippen LogP contribution in [0, 0.1) is 0 Å². The van der Waals surface area contributed by atoms with Crippen molar-refractivity contribution in [3.8, 4) is 5.69 Å². The normalized spacial score (nSPS) is 10.2. The van der Waals surface area contributed by atoms with Crippen LogP contribution in [-0.4, -0.2) is 26.8 Å². The zero-order valence-electron chi connectivity index (χ0n) is 9.20. The molecule has 2 rings (SSSR count). The Morgan fingerprint density at radius 3 is 2.56 bits per heavy atom. The molecule has 0 atom stereocenters. The van der Waals surface area contributed by atoms with Gasteiger partial charge in [-0.1, -0.05) is 0 Å². The summed E-state index contributed by atoms with van der Waals surface area (Å²) < 4.78 is 1.27. The molecule has 18 heavy (non-hydrogen) atoms. The Bertz CT molecular complexity index is 633. The largest absolute Gasteiger partial charge is 0.478 e. The van der Waals surface area contributed by atoms with Gasteiger partial charge in [0.05, 0.1) is 11.3 Å². The van der Waals surface area contributed by atoms with Crippen LogP contribution in [0.2, 0.25) is 0 Å². The highest BCUT2D eigenvalue weighted by atomic mass is 16.4. The first-order chi connectivity index (χ1) is 8.49. The van der Waals surface area contributed by atoms with Gasteiger partial charge in [0.25, 0.3) is 5.91 Å². The lowest BCUT2D eigenvalue weighted by molar-refractivity contribution is 0.0696. The van der Waals surface area contributed by atoms with Crippen molar-refractivity contribution in [2.24, 2.45) is 5.73 Å². The van der Waals surface area contributed by atoms with Crippen molar-refractivity contribution in [3.63, 3.8) is 0 Å². The van der Waals surface area contributed by atoms with E-state index in [1.165, 1.54) is 29.1 Å². The first-order valence-electron chi connectivity index (χ1n) is 4.97. The molecular weight excluding hydrogens is 236 g/mol. The van der Waals surface area contributed by atoms with Gasteiger partial charge in [0.15, 0.2) is 0 Å². The molecule has 7 heteroatoms. The van der Waals surface area contributed by atoms with Gasteiger partial charge in [0.1, 0.15) is 5.69 Å². The number of aromatic nitrogens is 2. The lowest BCUT2D eigenvalue weighted by atomic mass is 10.1. The highest BCUT2D eigenvalue weighted by Crippen LogP contribution is 2.17. The summed E-state index contributed by atoms with van der Waals surface area (Å²) in [6.45, 7) is 0. The summed E-state index contributed by atoms with van der Waals surface area (Å²) in [6, 6.07) is 5.79. The van der Waals surface area contributed by atoms with Crippen molar-refractivity contribution in [2.45, 2.75) is 0 Å². The van der Waals surface area contributed by atoms with E-state index in [2.05, 4.69) is 5.10 Å². The molecule has 7 nitrogen and oxygen atoms in total. The number of hydrogen-bond acceptors (Lipinski definition) is 4. The number of carbonyl (C=O) groups excluding carboxylic acids is 1. The summed E-state index contributed by atoms with van der Waals surface area (Å²) in [6.07, 6.45) is 1.46. The topological polar surface area (TPSA) is 124 Å². The van der Waals surface area contributed by atoms with Crippen molar-refractivity contribution < 1.29 is 14.7 Å². The van der Waals surface area contributed by atoms with E-state index in [0.717, 1.165) is 0 Å². The van der Waals surface area contributed by atoms with Crippen LogP contribution in [0.1, 0.15) is 20.8 Å². The molecular formula is C11H10N4O3. The first kappa shape index (κ1) is 11.6. The van der Waals surface area contributed by atoms with Gasteiger partial charge < -0.3 is 16.6 Å². The van der Waals surface area contributed by atoms with Crippen LogP contribution in [0.3, 0.4) is 0 Å². The molecule has 92 valence electrons. The third-order valence-electron chi connectivity index (χ3n) is 2.34. The second-order valence-electron chi connectivity index (χ2n) is 3.59. The van der Waals surface area contributed by atoms with E-state index < -0.39 is 11.9 Å². The van der Waals surface area contributed by atoms with E-state index in [0.29, 0.717) is 11.4 Å². The third kappa shape index (κ3) is 2.01. The van der Waals surface area contributed by atoms with Crippen molar-refractivity contribution in [3.05, 3.63) is 41.7 Å². The van der Waals surface area contributed by atoms with Crippen molar-refractivity contribution in [2.75, 3.05) is 5.73 Å². The van der Waals surface area contributed by atoms with E-state index >= 15 is 0 Å². The molecule has 1 amide bonds. The number of nitrogens with two attached hydrogens (primary N) is 2. The number of nitrogens with zero attached hydrogens (tertiary/aromatic N) is 2. The number of benzene rings is 1. The Kier molecular flexibility index (Phi) is 2.72. The molecule has 1 aromatic heterocycles. The second kappa shape index (κ2) is 4.21. The number of primary amides is 1. The maximum atomic E-state index is 11.1. The minimum atomic E-state index is -1.13. The summed E-state index contributed by atoms with van der Waals surface area (Å²) in [5.41, 5.74) is 11.3. The average molecular weight is 246 g/mol. The number of aromatic carboxylic acids is 1. The molecule has 0 spiro atoms. The van der Waals surface area contributed by atoms with Crippen LogP contribution >= 0.6 is 0 Å². The summed E-state index contributed by atoms with van der Waals surface area (Å²) in [5, 5.41) is 13.0. The van der Waals surface area contributed by atoms with Crippen LogP contribution in [0.5, 0.6) is 0 Å². The van der Waals surface area contributed by atoms with Crippen LogP contribution in [0.15, 0.2) is 30.5 Å². The molecule has 0 aliphatic carbocycles. The number of carbonyl (C=O) groups is 2. The predicted octanol–water partition coefficient (Wildman–Crippen LogP) is 0.252. The molecule has 0 aliphatic rings. The minimum Gasteiger partial charge on any atom is -0.478 e. The summed E-state index contributed by atoms with van der Waals surface area (Å²) in [5.74, 6) is -1.81. The molecule has 1 aromatic carbocycles. The SMILES string of the molecule is NC(=O)c1ccn(-c2ccc(N)cc2C(=O)O)n1. The van der Waals surface area contributed by atoms with Gasteiger partial charge in [-0.25, -0.2) is 9.48 Å². The number of carboxylic acid groups (broad SMARTS) is 1. The molecule has 0 unspecified atom stereocenters. The Hall–Kier alpha value is -2.83. The van der Waals surface area contributed by atoms with Gasteiger partial charge in [-0.2, -0.15) is 5.10 Å². The third-order valence-corrected chi connectivity index (χ3v) is 2.34. The zero-order chi connectivity index (χ0) is 13.3. The zero-order valence-corrected chi connectivity index (χ0v) is 9.20. The highest BCUT2D eigenvalue weighted by molar-refractivity contribution is 5.93. The molecule has 0 aliphatic heterocycles. The number of nitrogen functional groups attached to an aromatic ring is 1. The van der Waals surface area contributed by atoms with E-state index in [9.17, 15) is 9.59 Å². The lowest BCUT2D eigenvalue weighted by Gasteiger charge is -2.06. The smallest absolute Gasteiger partial charge is 0.337 e. The Balaban J connectivity index is 2.55. The quantitative estimate of drug-likeness (QED) is 0.669. The van der Waals surface area contributed by atoms with Crippen LogP contribution in [0.25, 0.3) is 5.69 Å². The monoisotopic (exact) mass is 246 g/mol. The van der Waals surface area contributed by atoms with Gasteiger partial charge >= 0.3 is 5.97 Å². The van der Waals surface area contributed by atoms with Crippen molar-refractivity contribution in [1.82, 2.24) is 9.78 Å². The van der Waals surface area contributed by atoms with E-state index in [4.69, 9.17) is 16.6 Å². The Morgan fingerprint density at radius 1 is 1.28 bits per heavy atom. The average Bonchev–Trinajstić information content (AvgIpc) is 2.78. The number of amides is 1. The maximum Gasteiger partial charge on any atom is 0.337 e. The Morgan fingerprint density at radius 2 is 2.00 bits per heavy atom. The van der Waals surface area contributed by atoms with E-state index in [-0.39, 0.29) is 11.3 Å². The van der Waals surface area contributed by atoms with Gasteiger partial charge in [-0.3, -0.25) is 4.79 Å². The van der Waals surface area contributed by atoms with Gasteiger partial charge in [0.2, 0.25) is 0 Å². The van der Waals surface area contributed by atoms with Crippen LogP contribution in [0.4, 0.5) is 5.69 Å². The lowest BCUT2D eigenvalue weighted by Crippen LogP contribution is -2.13. The van der Waals surface area contributed by atoms with E-state index in [1.807, 2.05) is 0 Å². The first-order valence-corrected chi connectivity index (χ1v) is 4.97. The van der Waals surface area contributed by atoms with Gasteiger partial charge in [0, 0.05) is 11.9 Å². The number of anilines is 1. The van der Waals surface area contributed by atoms with Crippen LogP contribution in [-0.2, 0) is 0 Å². The predicted molar refractivity (Wildman–Crippen MR) is 63.5 cm³/mol. The fourth-order valence-electron chi connectivity index (χ4n) is 1.51. The highest BCUT2D eigenvalue weighted by Gasteiger charge is 2.14. The molecule has 0 saturated carbocycles. The molecule has 0 saturated heterocycles. The van der Waals surface area contributed by atoms with Crippen molar-refractivity contribution >= 4 is 17.6 Å². The van der Waals surface area contributed by atoms with E-state index in [1.54, 1.807) is 6.07 Å². The number of rotatable bonds is 3. The molecule has 1 heterocycles. The molecule has 0 fully saturated rings. The summed E-state index contributed by atoms with van der Waals surface area (Å²) >= 11 is 0. The fraction of sp³-hybridized carbons (Fsp3) is 0. The molecule has 5 N–H and O–H groups in total. The standard InChI is InChI=1S/C11H10N4O3/c12-6-1-2-9(7(5-6)11(17)18)15-4-3-8(14-15)10(13)16/h1-5H,12H2,(H2,13,16)(H,17,18). The van der Waals surface area contributed by atoms with Crippen molar-refractivity contribution in [1.29, 1.82) is 0 Å². The maximum absolute atomic E-state index is 11.1. The fourth-order valence-corrected chi connectivity index (χ4v) is 1.51. The minimum absolute atomic E-state index is 0.00544. The van der Waals surface area contributed by atoms with Gasteiger partial charge in [-0.15, -0.1) is 0 Å². The molecule has 0 bridgehead atoms. The summed E-state index contributed by atoms with van der Waals surface area (Å²) in [4.78, 5) is 22.0.